The molecule has 23 heavy (non-hydrogen) atoms. The molecule has 0 saturated heterocycles. The van der Waals surface area contributed by atoms with Gasteiger partial charge in [0.25, 0.3) is 0 Å². The van der Waals surface area contributed by atoms with Crippen molar-refractivity contribution in [3.63, 3.8) is 0 Å². The maximum atomic E-state index is 6.10. The molecule has 2 aromatic carbocycles. The molecule has 5 aromatic rings. The highest BCUT2D eigenvalue weighted by Gasteiger charge is 2.13. The number of hydrogen-bond acceptors (Lipinski definition) is 3. The Hall–Kier alpha value is -2.65. The molecule has 0 amide bonds. The number of pyridine rings is 1. The van der Waals surface area contributed by atoms with Crippen molar-refractivity contribution in [3.8, 4) is 11.1 Å². The SMILES string of the molecule is Cc1ccc2c(n1)oc1c(-c3ccc4ccsc4c3)cccc12. The second-order valence-corrected chi connectivity index (χ2v) is 6.71. The lowest BCUT2D eigenvalue weighted by Gasteiger charge is -2.03. The molecule has 0 aliphatic carbocycles. The second kappa shape index (κ2) is 4.67. The van der Waals surface area contributed by atoms with E-state index in [2.05, 4.69) is 58.9 Å². The lowest BCUT2D eigenvalue weighted by Crippen LogP contribution is -1.78. The Morgan fingerprint density at radius 1 is 0.957 bits per heavy atom. The topological polar surface area (TPSA) is 26.0 Å². The number of para-hydroxylation sites is 1. The van der Waals surface area contributed by atoms with Gasteiger partial charge in [0.1, 0.15) is 5.58 Å². The number of fused-ring (bicyclic) bond motifs is 4. The average Bonchev–Trinajstić information content (AvgIpc) is 3.17. The molecular formula is C20H13NOS. The van der Waals surface area contributed by atoms with Crippen molar-refractivity contribution in [1.82, 2.24) is 4.98 Å². The van der Waals surface area contributed by atoms with Gasteiger partial charge in [-0.25, -0.2) is 4.98 Å². The van der Waals surface area contributed by atoms with Gasteiger partial charge in [0.2, 0.25) is 5.71 Å². The summed E-state index contributed by atoms with van der Waals surface area (Å²) in [5, 5.41) is 5.61. The quantitative estimate of drug-likeness (QED) is 0.369. The van der Waals surface area contributed by atoms with E-state index in [0.29, 0.717) is 5.71 Å². The van der Waals surface area contributed by atoms with Crippen LogP contribution in [0.4, 0.5) is 0 Å². The zero-order valence-electron chi connectivity index (χ0n) is 12.5. The van der Waals surface area contributed by atoms with Crippen LogP contribution in [0.2, 0.25) is 0 Å². The van der Waals surface area contributed by atoms with Gasteiger partial charge in [-0.05, 0) is 47.5 Å². The van der Waals surface area contributed by atoms with Crippen molar-refractivity contribution in [2.45, 2.75) is 6.92 Å². The number of nitrogens with zero attached hydrogens (tertiary/aromatic N) is 1. The van der Waals surface area contributed by atoms with Crippen molar-refractivity contribution in [3.05, 3.63) is 65.7 Å². The number of benzene rings is 2. The predicted octanol–water partition coefficient (Wildman–Crippen LogP) is 6.17. The summed E-state index contributed by atoms with van der Waals surface area (Å²) in [6.45, 7) is 1.98. The van der Waals surface area contributed by atoms with Crippen molar-refractivity contribution in [1.29, 1.82) is 0 Å². The first-order valence-electron chi connectivity index (χ1n) is 7.56. The van der Waals surface area contributed by atoms with Gasteiger partial charge in [-0.15, -0.1) is 11.3 Å². The molecule has 0 bridgehead atoms. The summed E-state index contributed by atoms with van der Waals surface area (Å²) in [4.78, 5) is 4.52. The monoisotopic (exact) mass is 315 g/mol. The molecule has 0 N–H and O–H groups in total. The van der Waals surface area contributed by atoms with Crippen LogP contribution < -0.4 is 0 Å². The summed E-state index contributed by atoms with van der Waals surface area (Å²) in [7, 11) is 0. The highest BCUT2D eigenvalue weighted by atomic mass is 32.1. The number of hydrogen-bond donors (Lipinski definition) is 0. The van der Waals surface area contributed by atoms with Crippen molar-refractivity contribution >= 4 is 43.5 Å². The number of rotatable bonds is 1. The van der Waals surface area contributed by atoms with E-state index in [1.54, 1.807) is 11.3 Å². The Balaban J connectivity index is 1.85. The molecule has 3 heteroatoms. The predicted molar refractivity (Wildman–Crippen MR) is 97.1 cm³/mol. The van der Waals surface area contributed by atoms with Gasteiger partial charge in [-0.3, -0.25) is 0 Å². The van der Waals surface area contributed by atoms with Crippen LogP contribution in [0.5, 0.6) is 0 Å². The zero-order valence-corrected chi connectivity index (χ0v) is 13.4. The molecule has 0 spiro atoms. The summed E-state index contributed by atoms with van der Waals surface area (Å²) >= 11 is 1.77. The van der Waals surface area contributed by atoms with Gasteiger partial charge in [-0.2, -0.15) is 0 Å². The van der Waals surface area contributed by atoms with Crippen LogP contribution in [-0.4, -0.2) is 4.98 Å². The Bertz CT molecular complexity index is 1180. The molecule has 0 fully saturated rings. The first-order chi connectivity index (χ1) is 11.3. The first kappa shape index (κ1) is 12.9. The van der Waals surface area contributed by atoms with Gasteiger partial charge in [0.05, 0.1) is 0 Å². The normalized spacial score (nSPS) is 11.7. The molecule has 0 radical (unpaired) electrons. The summed E-state index contributed by atoms with van der Waals surface area (Å²) in [6.07, 6.45) is 0. The largest absolute Gasteiger partial charge is 0.437 e. The van der Waals surface area contributed by atoms with Gasteiger partial charge in [-0.1, -0.05) is 30.3 Å². The van der Waals surface area contributed by atoms with Crippen molar-refractivity contribution < 1.29 is 4.42 Å². The third kappa shape index (κ3) is 1.90. The molecule has 0 saturated carbocycles. The lowest BCUT2D eigenvalue weighted by molar-refractivity contribution is 0.653. The average molecular weight is 315 g/mol. The fourth-order valence-electron chi connectivity index (χ4n) is 3.12. The molecule has 0 aliphatic heterocycles. The summed E-state index contributed by atoms with van der Waals surface area (Å²) in [5.41, 5.74) is 4.90. The van der Waals surface area contributed by atoms with E-state index in [-0.39, 0.29) is 0 Å². The number of aryl methyl sites for hydroxylation is 1. The smallest absolute Gasteiger partial charge is 0.227 e. The Morgan fingerprint density at radius 2 is 1.91 bits per heavy atom. The van der Waals surface area contributed by atoms with E-state index in [4.69, 9.17) is 4.42 Å². The van der Waals surface area contributed by atoms with Gasteiger partial charge < -0.3 is 4.42 Å². The van der Waals surface area contributed by atoms with Crippen LogP contribution in [0, 0.1) is 6.92 Å². The van der Waals surface area contributed by atoms with Crippen LogP contribution in [0.15, 0.2) is 64.4 Å². The zero-order chi connectivity index (χ0) is 15.4. The molecule has 0 atom stereocenters. The molecule has 2 nitrogen and oxygen atoms in total. The van der Waals surface area contributed by atoms with E-state index in [9.17, 15) is 0 Å². The molecular weight excluding hydrogens is 302 g/mol. The summed E-state index contributed by atoms with van der Waals surface area (Å²) < 4.78 is 7.40. The molecule has 0 aliphatic rings. The maximum absolute atomic E-state index is 6.10. The van der Waals surface area contributed by atoms with Crippen LogP contribution in [0.25, 0.3) is 43.3 Å². The maximum Gasteiger partial charge on any atom is 0.227 e. The van der Waals surface area contributed by atoms with E-state index in [1.165, 1.54) is 15.6 Å². The Kier molecular flexibility index (Phi) is 2.61. The minimum atomic E-state index is 0.713. The first-order valence-corrected chi connectivity index (χ1v) is 8.44. The van der Waals surface area contributed by atoms with Crippen LogP contribution in [0.3, 0.4) is 0 Å². The standard InChI is InChI=1S/C20H13NOS/c1-12-5-8-17-16-4-2-3-15(19(16)22-20(17)21-12)14-7-6-13-9-10-23-18(13)11-14/h2-11H,1H3. The molecule has 3 aromatic heterocycles. The Labute approximate surface area is 137 Å². The minimum Gasteiger partial charge on any atom is -0.437 e. The van der Waals surface area contributed by atoms with Gasteiger partial charge in [0.15, 0.2) is 0 Å². The van der Waals surface area contributed by atoms with Gasteiger partial charge >= 0.3 is 0 Å². The Morgan fingerprint density at radius 3 is 2.87 bits per heavy atom. The van der Waals surface area contributed by atoms with Crippen LogP contribution >= 0.6 is 11.3 Å². The lowest BCUT2D eigenvalue weighted by atomic mass is 10.0. The molecule has 0 unspecified atom stereocenters. The third-order valence-corrected chi connectivity index (χ3v) is 5.15. The van der Waals surface area contributed by atoms with Crippen molar-refractivity contribution in [2.24, 2.45) is 0 Å². The highest BCUT2D eigenvalue weighted by molar-refractivity contribution is 7.17. The molecule has 5 rings (SSSR count). The minimum absolute atomic E-state index is 0.713. The van der Waals surface area contributed by atoms with Crippen molar-refractivity contribution in [2.75, 3.05) is 0 Å². The number of furan rings is 1. The van der Waals surface area contributed by atoms with E-state index in [1.807, 2.05) is 13.0 Å². The summed E-state index contributed by atoms with van der Waals surface area (Å²) in [5.74, 6) is 0. The third-order valence-electron chi connectivity index (χ3n) is 4.27. The van der Waals surface area contributed by atoms with E-state index >= 15 is 0 Å². The van der Waals surface area contributed by atoms with Crippen LogP contribution in [-0.2, 0) is 0 Å². The summed E-state index contributed by atoms with van der Waals surface area (Å²) in [6, 6.07) is 19.2. The second-order valence-electron chi connectivity index (χ2n) is 5.76. The van der Waals surface area contributed by atoms with E-state index in [0.717, 1.165) is 27.6 Å². The number of thiophene rings is 1. The highest BCUT2D eigenvalue weighted by Crippen LogP contribution is 2.36. The van der Waals surface area contributed by atoms with Crippen LogP contribution in [0.1, 0.15) is 5.69 Å². The molecule has 110 valence electrons. The van der Waals surface area contributed by atoms with Gasteiger partial charge in [0, 0.05) is 26.7 Å². The fourth-order valence-corrected chi connectivity index (χ4v) is 3.95. The fraction of sp³-hybridized carbons (Fsp3) is 0.0500. The number of aromatic nitrogens is 1. The van der Waals surface area contributed by atoms with E-state index < -0.39 is 0 Å². The molecule has 3 heterocycles.